The molecule has 1 heterocycles. The van der Waals surface area contributed by atoms with Gasteiger partial charge in [0.05, 0.1) is 44.0 Å². The topological polar surface area (TPSA) is 109 Å². The molecular formula is C27H28N2O6. The molecule has 0 fully saturated rings. The first kappa shape index (κ1) is 25.4. The van der Waals surface area contributed by atoms with Crippen molar-refractivity contribution in [2.75, 3.05) is 27.4 Å². The third-order valence-electron chi connectivity index (χ3n) is 5.72. The summed E-state index contributed by atoms with van der Waals surface area (Å²) >= 11 is 0. The highest BCUT2D eigenvalue weighted by Crippen LogP contribution is 2.42. The summed E-state index contributed by atoms with van der Waals surface area (Å²) in [4.78, 5) is 26.8. The first-order valence-corrected chi connectivity index (χ1v) is 11.2. The van der Waals surface area contributed by atoms with Gasteiger partial charge >= 0.3 is 11.9 Å². The molecule has 182 valence electrons. The van der Waals surface area contributed by atoms with Gasteiger partial charge in [-0.05, 0) is 43.0 Å². The minimum Gasteiger partial charge on any atom is -0.493 e. The zero-order valence-corrected chi connectivity index (χ0v) is 20.0. The number of carbonyl (C=O) groups is 2. The van der Waals surface area contributed by atoms with Crippen LogP contribution in [0.1, 0.15) is 30.4 Å². The van der Waals surface area contributed by atoms with Crippen LogP contribution in [0.25, 0.3) is 0 Å². The van der Waals surface area contributed by atoms with E-state index in [4.69, 9.17) is 14.2 Å². The summed E-state index contributed by atoms with van der Waals surface area (Å²) in [6, 6.07) is 16.8. The third-order valence-corrected chi connectivity index (χ3v) is 5.72. The molecule has 0 spiro atoms. The zero-order valence-electron chi connectivity index (χ0n) is 20.0. The Labute approximate surface area is 204 Å². The highest BCUT2D eigenvalue weighted by Gasteiger charge is 2.38. The highest BCUT2D eigenvalue weighted by molar-refractivity contribution is 5.96. The van der Waals surface area contributed by atoms with Gasteiger partial charge in [-0.3, -0.25) is 0 Å². The average molecular weight is 477 g/mol. The fourth-order valence-corrected chi connectivity index (χ4v) is 4.15. The summed E-state index contributed by atoms with van der Waals surface area (Å²) < 4.78 is 16.0. The summed E-state index contributed by atoms with van der Waals surface area (Å²) in [6.07, 6.45) is 2.83. The largest absolute Gasteiger partial charge is 0.493 e. The normalized spacial score (nSPS) is 15.2. The van der Waals surface area contributed by atoms with E-state index in [1.54, 1.807) is 25.1 Å². The number of carbonyl (C=O) groups excluding carboxylic acids is 1. The van der Waals surface area contributed by atoms with Crippen molar-refractivity contribution >= 4 is 11.9 Å². The zero-order chi connectivity index (χ0) is 25.4. The lowest BCUT2D eigenvalue weighted by Gasteiger charge is -2.32. The van der Waals surface area contributed by atoms with Crippen molar-refractivity contribution in [1.29, 1.82) is 5.26 Å². The third kappa shape index (κ3) is 5.64. The molecule has 3 rings (SSSR count). The minimum absolute atomic E-state index is 0.0463. The molecule has 1 atom stereocenters. The van der Waals surface area contributed by atoms with Gasteiger partial charge in [0.1, 0.15) is 5.70 Å². The molecule has 8 heteroatoms. The number of carboxylic acid groups (broad SMARTS) is 1. The van der Waals surface area contributed by atoms with E-state index in [1.807, 2.05) is 30.3 Å². The van der Waals surface area contributed by atoms with Crippen LogP contribution in [0, 0.1) is 11.3 Å². The van der Waals surface area contributed by atoms with E-state index in [0.29, 0.717) is 36.4 Å². The lowest BCUT2D eigenvalue weighted by molar-refractivity contribution is -0.139. The fraction of sp³-hybridized carbons (Fsp3) is 0.296. The molecule has 0 aromatic heterocycles. The maximum absolute atomic E-state index is 13.0. The lowest BCUT2D eigenvalue weighted by atomic mass is 9.81. The molecule has 0 saturated carbocycles. The van der Waals surface area contributed by atoms with Gasteiger partial charge in [0.25, 0.3) is 0 Å². The number of benzene rings is 2. The number of hydrogen-bond acceptors (Lipinski definition) is 7. The number of carboxylic acids is 1. The molecule has 8 nitrogen and oxygen atoms in total. The highest BCUT2D eigenvalue weighted by atomic mass is 16.5. The van der Waals surface area contributed by atoms with E-state index >= 15 is 0 Å². The van der Waals surface area contributed by atoms with E-state index in [9.17, 15) is 20.0 Å². The van der Waals surface area contributed by atoms with Crippen LogP contribution in [0.15, 0.2) is 71.6 Å². The standard InChI is InChI=1S/C27H28N2O6/c1-4-35-27(32)21-17-29(14-8-11-18-9-6-5-7-10-18)25(26(30)31)20(16-28)24(21)19-12-13-22(33-2)23(15-19)34-3/h5-7,9-10,12-13,15,17,24H,4,8,11,14H2,1-3H3,(H,30,31). The Bertz CT molecular complexity index is 1180. The molecule has 2 aromatic rings. The van der Waals surface area contributed by atoms with Crippen molar-refractivity contribution in [2.45, 2.75) is 25.7 Å². The molecule has 0 radical (unpaired) electrons. The van der Waals surface area contributed by atoms with Gasteiger partial charge in [-0.1, -0.05) is 36.4 Å². The molecule has 0 bridgehead atoms. The second-order valence-corrected chi connectivity index (χ2v) is 7.81. The monoisotopic (exact) mass is 476 g/mol. The van der Waals surface area contributed by atoms with Crippen molar-refractivity contribution in [3.63, 3.8) is 0 Å². The Balaban J connectivity index is 2.06. The van der Waals surface area contributed by atoms with Crippen LogP contribution in [-0.2, 0) is 20.7 Å². The lowest BCUT2D eigenvalue weighted by Crippen LogP contribution is -2.33. The molecule has 2 aromatic carbocycles. The van der Waals surface area contributed by atoms with Crippen LogP contribution in [0.2, 0.25) is 0 Å². The van der Waals surface area contributed by atoms with Crippen molar-refractivity contribution in [3.05, 3.63) is 82.7 Å². The SMILES string of the molecule is CCOC(=O)C1=CN(CCCc2ccccc2)C(C(=O)O)=C(C#N)C1c1ccc(OC)c(OC)c1. The molecule has 1 aliphatic heterocycles. The number of rotatable bonds is 10. The molecule has 0 amide bonds. The molecule has 35 heavy (non-hydrogen) atoms. The number of aliphatic carboxylic acids is 1. The Kier molecular flexibility index (Phi) is 8.52. The molecule has 0 aliphatic carbocycles. The van der Waals surface area contributed by atoms with Gasteiger partial charge in [-0.2, -0.15) is 5.26 Å². The number of nitriles is 1. The van der Waals surface area contributed by atoms with Crippen LogP contribution < -0.4 is 9.47 Å². The van der Waals surface area contributed by atoms with E-state index in [1.165, 1.54) is 25.3 Å². The molecular weight excluding hydrogens is 448 g/mol. The van der Waals surface area contributed by atoms with Gasteiger partial charge in [-0.15, -0.1) is 0 Å². The predicted molar refractivity (Wildman–Crippen MR) is 129 cm³/mol. The summed E-state index contributed by atoms with van der Waals surface area (Å²) in [5.41, 5.74) is 1.61. The number of hydrogen-bond donors (Lipinski definition) is 1. The number of nitrogens with zero attached hydrogens (tertiary/aromatic N) is 2. The van der Waals surface area contributed by atoms with Crippen molar-refractivity contribution in [3.8, 4) is 17.6 Å². The molecule has 0 saturated heterocycles. The second kappa shape index (κ2) is 11.7. The summed E-state index contributed by atoms with van der Waals surface area (Å²) in [5.74, 6) is -1.93. The van der Waals surface area contributed by atoms with Gasteiger partial charge in [0.15, 0.2) is 11.5 Å². The number of aryl methyl sites for hydroxylation is 1. The molecule has 1 unspecified atom stereocenters. The average Bonchev–Trinajstić information content (AvgIpc) is 2.87. The summed E-state index contributed by atoms with van der Waals surface area (Å²) in [5, 5.41) is 20.1. The van der Waals surface area contributed by atoms with E-state index in [2.05, 4.69) is 6.07 Å². The van der Waals surface area contributed by atoms with Crippen LogP contribution >= 0.6 is 0 Å². The predicted octanol–water partition coefficient (Wildman–Crippen LogP) is 4.05. The fourth-order valence-electron chi connectivity index (χ4n) is 4.15. The number of esters is 1. The number of ether oxygens (including phenoxy) is 3. The summed E-state index contributed by atoms with van der Waals surface area (Å²) in [6.45, 7) is 2.14. The van der Waals surface area contributed by atoms with E-state index in [-0.39, 0.29) is 23.5 Å². The van der Waals surface area contributed by atoms with Crippen LogP contribution in [0.3, 0.4) is 0 Å². The van der Waals surface area contributed by atoms with Gasteiger partial charge in [-0.25, -0.2) is 9.59 Å². The van der Waals surface area contributed by atoms with Crippen LogP contribution in [0.5, 0.6) is 11.5 Å². The van der Waals surface area contributed by atoms with Gasteiger partial charge in [0.2, 0.25) is 0 Å². The molecule has 1 aliphatic rings. The Morgan fingerprint density at radius 2 is 1.80 bits per heavy atom. The summed E-state index contributed by atoms with van der Waals surface area (Å²) in [7, 11) is 2.97. The smallest absolute Gasteiger partial charge is 0.353 e. The van der Waals surface area contributed by atoms with Crippen molar-refractivity contribution in [2.24, 2.45) is 0 Å². The van der Waals surface area contributed by atoms with Gasteiger partial charge < -0.3 is 24.2 Å². The number of allylic oxidation sites excluding steroid dienone is 1. The molecule has 1 N–H and O–H groups in total. The van der Waals surface area contributed by atoms with Crippen LogP contribution in [-0.4, -0.2) is 49.3 Å². The second-order valence-electron chi connectivity index (χ2n) is 7.81. The maximum atomic E-state index is 13.0. The Hall–Kier alpha value is -4.25. The van der Waals surface area contributed by atoms with E-state index < -0.39 is 17.9 Å². The van der Waals surface area contributed by atoms with E-state index in [0.717, 1.165) is 5.56 Å². The first-order chi connectivity index (χ1) is 16.9. The van der Waals surface area contributed by atoms with Gasteiger partial charge in [0, 0.05) is 12.7 Å². The maximum Gasteiger partial charge on any atom is 0.353 e. The number of methoxy groups -OCH3 is 2. The first-order valence-electron chi connectivity index (χ1n) is 11.2. The Morgan fingerprint density at radius 3 is 2.40 bits per heavy atom. The van der Waals surface area contributed by atoms with Crippen LogP contribution in [0.4, 0.5) is 0 Å². The van der Waals surface area contributed by atoms with Crippen molar-refractivity contribution < 1.29 is 28.9 Å². The Morgan fingerprint density at radius 1 is 1.09 bits per heavy atom. The minimum atomic E-state index is -1.24. The quantitative estimate of drug-likeness (QED) is 0.512. The van der Waals surface area contributed by atoms with Crippen molar-refractivity contribution in [1.82, 2.24) is 4.90 Å².